The zero-order valence-electron chi connectivity index (χ0n) is 18.6. The molecule has 0 aliphatic carbocycles. The minimum absolute atomic E-state index is 0.158. The van der Waals surface area contributed by atoms with E-state index in [-0.39, 0.29) is 18.3 Å². The first-order valence-corrected chi connectivity index (χ1v) is 10.9. The molecule has 0 bridgehead atoms. The Morgan fingerprint density at radius 1 is 1.26 bits per heavy atom. The number of hydrogen-bond acceptors (Lipinski definition) is 4. The molecule has 1 heterocycles. The number of β-amino-alcohol motifs (C(OH)–C–C–N with tert-alkyl or cyclic N) is 1. The molecule has 0 spiro atoms. The maximum atomic E-state index is 14.0. The fourth-order valence-corrected chi connectivity index (χ4v) is 3.82. The third-order valence-electron chi connectivity index (χ3n) is 5.51. The summed E-state index contributed by atoms with van der Waals surface area (Å²) in [7, 11) is 1.45. The van der Waals surface area contributed by atoms with Crippen molar-refractivity contribution >= 4 is 5.96 Å². The number of ether oxygens (including phenoxy) is 1. The maximum Gasteiger partial charge on any atom is 0.191 e. The Hall–Kier alpha value is -2.64. The molecule has 3 rings (SSSR count). The fraction of sp³-hybridized carbons (Fsp3) is 0.458. The number of nitrogens with one attached hydrogen (secondary N) is 2. The van der Waals surface area contributed by atoms with E-state index in [4.69, 9.17) is 4.74 Å². The highest BCUT2D eigenvalue weighted by molar-refractivity contribution is 5.80. The summed E-state index contributed by atoms with van der Waals surface area (Å²) in [6.45, 7) is 7.28. The predicted molar refractivity (Wildman–Crippen MR) is 122 cm³/mol. The van der Waals surface area contributed by atoms with Gasteiger partial charge in [0.1, 0.15) is 0 Å². The summed E-state index contributed by atoms with van der Waals surface area (Å²) in [5, 5.41) is 17.0. The average molecular weight is 429 g/mol. The lowest BCUT2D eigenvalue weighted by atomic mass is 10.00. The molecule has 31 heavy (non-hydrogen) atoms. The summed E-state index contributed by atoms with van der Waals surface area (Å²) in [4.78, 5) is 6.81. The van der Waals surface area contributed by atoms with Crippen molar-refractivity contribution in [3.63, 3.8) is 0 Å². The number of aliphatic imine (C=N–C) groups is 1. The molecule has 0 aromatic heterocycles. The van der Waals surface area contributed by atoms with E-state index < -0.39 is 11.9 Å². The Morgan fingerprint density at radius 2 is 2.03 bits per heavy atom. The Bertz CT molecular complexity index is 890. The fourth-order valence-electron chi connectivity index (χ4n) is 3.82. The van der Waals surface area contributed by atoms with Crippen molar-refractivity contribution in [2.45, 2.75) is 39.0 Å². The normalized spacial score (nSPS) is 16.4. The number of fused-ring (bicyclic) bond motifs is 1. The lowest BCUT2D eigenvalue weighted by Crippen LogP contribution is -2.41. The Morgan fingerprint density at radius 3 is 2.74 bits per heavy atom. The van der Waals surface area contributed by atoms with Gasteiger partial charge in [0.05, 0.1) is 25.8 Å². The van der Waals surface area contributed by atoms with Crippen LogP contribution in [-0.2, 0) is 13.0 Å². The maximum absolute atomic E-state index is 14.0. The number of methoxy groups -OCH3 is 1. The molecular formula is C24H33FN4O2. The largest absolute Gasteiger partial charge is 0.494 e. The topological polar surface area (TPSA) is 69.1 Å². The van der Waals surface area contributed by atoms with Gasteiger partial charge in [0.15, 0.2) is 17.5 Å². The Kier molecular flexibility index (Phi) is 8.26. The van der Waals surface area contributed by atoms with E-state index in [0.29, 0.717) is 19.0 Å². The van der Waals surface area contributed by atoms with Gasteiger partial charge in [-0.25, -0.2) is 4.39 Å². The van der Waals surface area contributed by atoms with Crippen LogP contribution in [-0.4, -0.2) is 55.4 Å². The van der Waals surface area contributed by atoms with Crippen molar-refractivity contribution in [2.24, 2.45) is 4.99 Å². The molecule has 2 aromatic rings. The van der Waals surface area contributed by atoms with Gasteiger partial charge in [-0.2, -0.15) is 0 Å². The second kappa shape index (κ2) is 11.1. The van der Waals surface area contributed by atoms with Crippen molar-refractivity contribution in [2.75, 3.05) is 33.3 Å². The first-order valence-electron chi connectivity index (χ1n) is 10.9. The van der Waals surface area contributed by atoms with E-state index in [2.05, 4.69) is 44.8 Å². The molecule has 3 N–H and O–H groups in total. The van der Waals surface area contributed by atoms with Crippen molar-refractivity contribution in [1.29, 1.82) is 0 Å². The third-order valence-corrected chi connectivity index (χ3v) is 5.51. The zero-order chi connectivity index (χ0) is 22.2. The molecule has 0 saturated heterocycles. The van der Waals surface area contributed by atoms with Crippen LogP contribution in [0.1, 0.15) is 36.6 Å². The SMILES string of the molecule is CCNC(=NCC(O)CN1CCc2ccccc2C1)NC(C)c1ccc(OC)c(F)c1. The minimum atomic E-state index is -0.561. The van der Waals surface area contributed by atoms with Crippen LogP contribution in [0.15, 0.2) is 47.5 Å². The summed E-state index contributed by atoms with van der Waals surface area (Å²) in [5.74, 6) is 0.420. The van der Waals surface area contributed by atoms with Gasteiger partial charge in [-0.3, -0.25) is 9.89 Å². The van der Waals surface area contributed by atoms with Crippen LogP contribution < -0.4 is 15.4 Å². The molecule has 2 unspecified atom stereocenters. The summed E-state index contributed by atoms with van der Waals surface area (Å²) >= 11 is 0. The van der Waals surface area contributed by atoms with Crippen molar-refractivity contribution in [3.05, 3.63) is 65.0 Å². The smallest absolute Gasteiger partial charge is 0.191 e. The van der Waals surface area contributed by atoms with Crippen LogP contribution >= 0.6 is 0 Å². The van der Waals surface area contributed by atoms with Gasteiger partial charge in [0, 0.05) is 26.2 Å². The molecule has 1 aliphatic rings. The summed E-state index contributed by atoms with van der Waals surface area (Å²) in [5.41, 5.74) is 3.52. The van der Waals surface area contributed by atoms with Crippen LogP contribution in [0.25, 0.3) is 0 Å². The molecule has 0 amide bonds. The van der Waals surface area contributed by atoms with Crippen molar-refractivity contribution in [1.82, 2.24) is 15.5 Å². The molecule has 0 fully saturated rings. The number of halogens is 1. The highest BCUT2D eigenvalue weighted by atomic mass is 19.1. The van der Waals surface area contributed by atoms with Crippen LogP contribution in [0, 0.1) is 5.82 Å². The molecule has 168 valence electrons. The minimum Gasteiger partial charge on any atom is -0.494 e. The van der Waals surface area contributed by atoms with E-state index in [1.807, 2.05) is 19.9 Å². The Labute approximate surface area is 184 Å². The molecule has 2 atom stereocenters. The Balaban J connectivity index is 1.55. The molecule has 6 nitrogen and oxygen atoms in total. The first-order chi connectivity index (χ1) is 15.0. The lowest BCUT2D eigenvalue weighted by Gasteiger charge is -2.30. The monoisotopic (exact) mass is 428 g/mol. The van der Waals surface area contributed by atoms with Gasteiger partial charge in [0.25, 0.3) is 0 Å². The average Bonchev–Trinajstić information content (AvgIpc) is 2.77. The molecule has 1 aliphatic heterocycles. The highest BCUT2D eigenvalue weighted by Gasteiger charge is 2.18. The van der Waals surface area contributed by atoms with E-state index in [0.717, 1.165) is 25.1 Å². The number of rotatable bonds is 8. The summed E-state index contributed by atoms with van der Waals surface area (Å²) in [6, 6.07) is 13.2. The number of nitrogens with zero attached hydrogens (tertiary/aromatic N) is 2. The van der Waals surface area contributed by atoms with Crippen molar-refractivity contribution < 1.29 is 14.2 Å². The standard InChI is InChI=1S/C24H33FN4O2/c1-4-26-24(28-17(2)19-9-10-23(31-3)22(25)13-19)27-14-21(30)16-29-12-11-18-7-5-6-8-20(18)15-29/h5-10,13,17,21,30H,4,11-12,14-16H2,1-3H3,(H2,26,27,28). The van der Waals surface area contributed by atoms with Crippen molar-refractivity contribution in [3.8, 4) is 5.75 Å². The van der Waals surface area contributed by atoms with Gasteiger partial charge in [0.2, 0.25) is 0 Å². The lowest BCUT2D eigenvalue weighted by molar-refractivity contribution is 0.111. The molecule has 7 heteroatoms. The highest BCUT2D eigenvalue weighted by Crippen LogP contribution is 2.22. The number of guanidine groups is 1. The summed E-state index contributed by atoms with van der Waals surface area (Å²) < 4.78 is 19.0. The van der Waals surface area contributed by atoms with E-state index in [1.54, 1.807) is 6.07 Å². The van der Waals surface area contributed by atoms with Crippen LogP contribution in [0.3, 0.4) is 0 Å². The predicted octanol–water partition coefficient (Wildman–Crippen LogP) is 2.87. The number of benzene rings is 2. The van der Waals surface area contributed by atoms with Crippen LogP contribution in [0.2, 0.25) is 0 Å². The van der Waals surface area contributed by atoms with Crippen LogP contribution in [0.5, 0.6) is 5.75 Å². The van der Waals surface area contributed by atoms with Crippen LogP contribution in [0.4, 0.5) is 4.39 Å². The third kappa shape index (κ3) is 6.42. The number of aliphatic hydroxyl groups excluding tert-OH is 1. The number of hydrogen-bond donors (Lipinski definition) is 3. The number of aliphatic hydroxyl groups is 1. The quantitative estimate of drug-likeness (QED) is 0.446. The molecular weight excluding hydrogens is 395 g/mol. The molecule has 0 radical (unpaired) electrons. The van der Waals surface area contributed by atoms with Gasteiger partial charge < -0.3 is 20.5 Å². The van der Waals surface area contributed by atoms with Gasteiger partial charge in [-0.15, -0.1) is 0 Å². The second-order valence-electron chi connectivity index (χ2n) is 7.89. The van der Waals surface area contributed by atoms with Gasteiger partial charge >= 0.3 is 0 Å². The van der Waals surface area contributed by atoms with E-state index >= 15 is 0 Å². The first kappa shape index (κ1) is 23.0. The van der Waals surface area contributed by atoms with Gasteiger partial charge in [-0.05, 0) is 49.1 Å². The van der Waals surface area contributed by atoms with E-state index in [1.165, 1.54) is 24.3 Å². The van der Waals surface area contributed by atoms with E-state index in [9.17, 15) is 9.50 Å². The molecule has 2 aromatic carbocycles. The summed E-state index contributed by atoms with van der Waals surface area (Å²) in [6.07, 6.45) is 0.446. The second-order valence-corrected chi connectivity index (χ2v) is 7.89. The molecule has 0 saturated carbocycles. The zero-order valence-corrected chi connectivity index (χ0v) is 18.6. The van der Waals surface area contributed by atoms with Gasteiger partial charge in [-0.1, -0.05) is 30.3 Å².